The topological polar surface area (TPSA) is 43.8 Å². The molecule has 0 saturated carbocycles. The van der Waals surface area contributed by atoms with E-state index < -0.39 is 11.4 Å². The lowest BCUT2D eigenvalue weighted by Crippen LogP contribution is -2.34. The second-order valence-electron chi connectivity index (χ2n) is 7.93. The van der Waals surface area contributed by atoms with E-state index in [1.807, 2.05) is 62.6 Å². The molecular formula is C23H32N2O2. The average Bonchev–Trinajstić information content (AvgIpc) is 2.66. The minimum Gasteiger partial charge on any atom is -0.480 e. The lowest BCUT2D eigenvalue weighted by atomic mass is 9.76. The average molecular weight is 369 g/mol. The number of carbonyl (C=O) groups is 1. The van der Waals surface area contributed by atoms with Crippen molar-refractivity contribution < 1.29 is 9.90 Å². The minimum atomic E-state index is -1.09. The largest absolute Gasteiger partial charge is 0.480 e. The Morgan fingerprint density at radius 3 is 1.30 bits per heavy atom. The third kappa shape index (κ3) is 4.10. The van der Waals surface area contributed by atoms with E-state index in [0.29, 0.717) is 12.1 Å². The molecule has 0 spiro atoms. The van der Waals surface area contributed by atoms with Crippen molar-refractivity contribution in [3.05, 3.63) is 59.7 Å². The van der Waals surface area contributed by atoms with Gasteiger partial charge in [-0.3, -0.25) is 4.79 Å². The number of carboxylic acid groups (broad SMARTS) is 1. The molecule has 0 radical (unpaired) electrons. The van der Waals surface area contributed by atoms with Crippen LogP contribution in [0.1, 0.15) is 45.7 Å². The fourth-order valence-electron chi connectivity index (χ4n) is 3.07. The van der Waals surface area contributed by atoms with Crippen molar-refractivity contribution in [2.75, 3.05) is 23.9 Å². The van der Waals surface area contributed by atoms with Gasteiger partial charge in [-0.15, -0.1) is 0 Å². The highest BCUT2D eigenvalue weighted by Gasteiger charge is 2.37. The van der Waals surface area contributed by atoms with E-state index in [4.69, 9.17) is 0 Å². The smallest absolute Gasteiger partial charge is 0.318 e. The molecule has 0 heterocycles. The van der Waals surface area contributed by atoms with Crippen LogP contribution in [0.3, 0.4) is 0 Å². The number of nitrogens with zero attached hydrogens (tertiary/aromatic N) is 2. The second-order valence-corrected chi connectivity index (χ2v) is 7.93. The number of aliphatic carboxylic acids is 1. The molecule has 0 saturated heterocycles. The summed E-state index contributed by atoms with van der Waals surface area (Å²) in [6.07, 6.45) is 0. The molecule has 0 aromatic heterocycles. The van der Waals surface area contributed by atoms with Crippen LogP contribution in [-0.2, 0) is 10.2 Å². The molecule has 2 aromatic carbocycles. The zero-order valence-electron chi connectivity index (χ0n) is 17.5. The molecule has 0 aliphatic rings. The minimum absolute atomic E-state index is 0.382. The Balaban J connectivity index is 2.42. The van der Waals surface area contributed by atoms with Gasteiger partial charge in [0.25, 0.3) is 0 Å². The molecule has 0 unspecified atom stereocenters. The van der Waals surface area contributed by atoms with Gasteiger partial charge >= 0.3 is 5.97 Å². The Bertz CT molecular complexity index is 706. The Kier molecular flexibility index (Phi) is 6.19. The van der Waals surface area contributed by atoms with Gasteiger partial charge in [0.2, 0.25) is 0 Å². The van der Waals surface area contributed by atoms with E-state index >= 15 is 0 Å². The molecule has 146 valence electrons. The number of hydrogen-bond acceptors (Lipinski definition) is 3. The number of anilines is 2. The fraction of sp³-hybridized carbons (Fsp3) is 0.435. The number of carboxylic acids is 1. The molecule has 1 N–H and O–H groups in total. The first-order chi connectivity index (χ1) is 12.6. The maximum absolute atomic E-state index is 12.3. The Labute approximate surface area is 163 Å². The lowest BCUT2D eigenvalue weighted by molar-refractivity contribution is -0.141. The van der Waals surface area contributed by atoms with Crippen molar-refractivity contribution in [2.45, 2.75) is 52.1 Å². The highest BCUT2D eigenvalue weighted by molar-refractivity contribution is 5.86. The quantitative estimate of drug-likeness (QED) is 0.765. The molecule has 0 aliphatic heterocycles. The molecule has 4 heteroatoms. The van der Waals surface area contributed by atoms with Crippen LogP contribution < -0.4 is 9.80 Å². The van der Waals surface area contributed by atoms with Crippen LogP contribution in [0.5, 0.6) is 0 Å². The molecular weight excluding hydrogens is 336 g/mol. The first-order valence-electron chi connectivity index (χ1n) is 9.49. The van der Waals surface area contributed by atoms with Crippen LogP contribution in [0.4, 0.5) is 11.4 Å². The van der Waals surface area contributed by atoms with E-state index in [-0.39, 0.29) is 0 Å². The number of hydrogen-bond donors (Lipinski definition) is 1. The van der Waals surface area contributed by atoms with Crippen molar-refractivity contribution in [1.29, 1.82) is 0 Å². The second kappa shape index (κ2) is 8.03. The van der Waals surface area contributed by atoms with Crippen molar-refractivity contribution in [2.24, 2.45) is 0 Å². The highest BCUT2D eigenvalue weighted by Crippen LogP contribution is 2.34. The van der Waals surface area contributed by atoms with Crippen molar-refractivity contribution in [3.63, 3.8) is 0 Å². The fourth-order valence-corrected chi connectivity index (χ4v) is 3.07. The summed E-state index contributed by atoms with van der Waals surface area (Å²) >= 11 is 0. The summed E-state index contributed by atoms with van der Waals surface area (Å²) < 4.78 is 0. The SMILES string of the molecule is CC(C)N(C)c1ccc(C(C)(C(=O)O)c2ccc(N(C)C(C)C)cc2)cc1. The van der Waals surface area contributed by atoms with E-state index in [1.54, 1.807) is 6.92 Å². The molecule has 2 rings (SSSR count). The molecule has 0 bridgehead atoms. The van der Waals surface area contributed by atoms with Crippen LogP contribution in [0.2, 0.25) is 0 Å². The molecule has 4 nitrogen and oxygen atoms in total. The summed E-state index contributed by atoms with van der Waals surface area (Å²) in [5, 5.41) is 10.1. The zero-order valence-corrected chi connectivity index (χ0v) is 17.5. The van der Waals surface area contributed by atoms with Gasteiger partial charge in [-0.1, -0.05) is 24.3 Å². The van der Waals surface area contributed by atoms with E-state index in [1.165, 1.54) is 0 Å². The number of benzene rings is 2. The molecule has 2 aromatic rings. The van der Waals surface area contributed by atoms with Crippen LogP contribution in [0, 0.1) is 0 Å². The summed E-state index contributed by atoms with van der Waals surface area (Å²) in [6, 6.07) is 16.5. The van der Waals surface area contributed by atoms with Gasteiger partial charge < -0.3 is 14.9 Å². The van der Waals surface area contributed by atoms with Crippen LogP contribution in [0.15, 0.2) is 48.5 Å². The van der Waals surface area contributed by atoms with Gasteiger partial charge in [0.05, 0.1) is 0 Å². The third-order valence-corrected chi connectivity index (χ3v) is 5.68. The Morgan fingerprint density at radius 1 is 0.778 bits per heavy atom. The molecule has 27 heavy (non-hydrogen) atoms. The van der Waals surface area contributed by atoms with Gasteiger partial charge in [-0.2, -0.15) is 0 Å². The van der Waals surface area contributed by atoms with Gasteiger partial charge in [0.1, 0.15) is 5.41 Å². The maximum atomic E-state index is 12.3. The van der Waals surface area contributed by atoms with E-state index in [0.717, 1.165) is 22.5 Å². The lowest BCUT2D eigenvalue weighted by Gasteiger charge is -2.29. The highest BCUT2D eigenvalue weighted by atomic mass is 16.4. The predicted molar refractivity (Wildman–Crippen MR) is 114 cm³/mol. The van der Waals surface area contributed by atoms with Crippen LogP contribution in [-0.4, -0.2) is 37.3 Å². The normalized spacial score (nSPS) is 11.7. The van der Waals surface area contributed by atoms with Gasteiger partial charge in [0.15, 0.2) is 0 Å². The van der Waals surface area contributed by atoms with Crippen molar-refractivity contribution in [1.82, 2.24) is 0 Å². The van der Waals surface area contributed by atoms with E-state index in [2.05, 4.69) is 37.5 Å². The standard InChI is InChI=1S/C23H32N2O2/c1-16(2)24(6)20-12-8-18(9-13-20)23(5,22(26)27)19-10-14-21(15-11-19)25(7)17(3)4/h8-17H,1-7H3,(H,26,27). The summed E-state index contributed by atoms with van der Waals surface area (Å²) in [6.45, 7) is 10.3. The maximum Gasteiger partial charge on any atom is 0.318 e. The van der Waals surface area contributed by atoms with Gasteiger partial charge in [-0.05, 0) is 70.0 Å². The first kappa shape index (κ1) is 20.8. The zero-order chi connectivity index (χ0) is 20.4. The summed E-state index contributed by atoms with van der Waals surface area (Å²) in [5.74, 6) is -0.850. The molecule has 0 amide bonds. The third-order valence-electron chi connectivity index (χ3n) is 5.68. The van der Waals surface area contributed by atoms with Crippen molar-refractivity contribution in [3.8, 4) is 0 Å². The number of rotatable bonds is 7. The van der Waals surface area contributed by atoms with Crippen molar-refractivity contribution >= 4 is 17.3 Å². The van der Waals surface area contributed by atoms with Crippen LogP contribution in [0.25, 0.3) is 0 Å². The Hall–Kier alpha value is -2.49. The predicted octanol–water partition coefficient (Wildman–Crippen LogP) is 4.77. The molecule has 0 aliphatic carbocycles. The Morgan fingerprint density at radius 2 is 1.07 bits per heavy atom. The summed E-state index contributed by atoms with van der Waals surface area (Å²) in [7, 11) is 4.08. The summed E-state index contributed by atoms with van der Waals surface area (Å²) in [5.41, 5.74) is 2.62. The van der Waals surface area contributed by atoms with Gasteiger partial charge in [0, 0.05) is 37.6 Å². The first-order valence-corrected chi connectivity index (χ1v) is 9.49. The monoisotopic (exact) mass is 368 g/mol. The van der Waals surface area contributed by atoms with Crippen LogP contribution >= 0.6 is 0 Å². The summed E-state index contributed by atoms with van der Waals surface area (Å²) in [4.78, 5) is 16.6. The van der Waals surface area contributed by atoms with E-state index in [9.17, 15) is 9.90 Å². The van der Waals surface area contributed by atoms with Gasteiger partial charge in [-0.25, -0.2) is 0 Å². The molecule has 0 atom stereocenters. The molecule has 0 fully saturated rings.